The lowest BCUT2D eigenvalue weighted by Crippen LogP contribution is -2.00. The second kappa shape index (κ2) is 12.8. The Labute approximate surface area is 333 Å². The summed E-state index contributed by atoms with van der Waals surface area (Å²) in [6.07, 6.45) is 0. The summed E-state index contributed by atoms with van der Waals surface area (Å²) in [6, 6.07) is 68.0. The molecule has 0 aliphatic rings. The van der Waals surface area contributed by atoms with E-state index >= 15 is 0 Å². The van der Waals surface area contributed by atoms with Crippen LogP contribution in [0.25, 0.3) is 111 Å². The van der Waals surface area contributed by atoms with Crippen LogP contribution >= 0.6 is 0 Å². The predicted octanol–water partition coefficient (Wildman–Crippen LogP) is 12.7. The van der Waals surface area contributed by atoms with Gasteiger partial charge in [-0.3, -0.25) is 4.40 Å². The van der Waals surface area contributed by atoms with Gasteiger partial charge in [-0.15, -0.1) is 0 Å². The fourth-order valence-corrected chi connectivity index (χ4v) is 8.72. The number of fused-ring (bicyclic) bond motifs is 12. The van der Waals surface area contributed by atoms with Crippen molar-refractivity contribution in [3.05, 3.63) is 194 Å². The van der Waals surface area contributed by atoms with Crippen molar-refractivity contribution in [2.75, 3.05) is 0 Å². The summed E-state index contributed by atoms with van der Waals surface area (Å²) in [4.78, 5) is 20.1. The van der Waals surface area contributed by atoms with E-state index in [9.17, 15) is 0 Å². The third kappa shape index (κ3) is 4.98. The maximum atomic E-state index is 5.20. The van der Waals surface area contributed by atoms with Gasteiger partial charge >= 0.3 is 0 Å². The highest BCUT2D eigenvalue weighted by Crippen LogP contribution is 2.41. The third-order valence-corrected chi connectivity index (χ3v) is 11.3. The highest BCUT2D eigenvalue weighted by Gasteiger charge is 2.21. The molecule has 6 heteroatoms. The lowest BCUT2D eigenvalue weighted by molar-refractivity contribution is 1.07. The van der Waals surface area contributed by atoms with Crippen LogP contribution in [-0.2, 0) is 0 Å². The highest BCUT2D eigenvalue weighted by molar-refractivity contribution is 6.26. The van der Waals surface area contributed by atoms with Gasteiger partial charge in [0.2, 0.25) is 0 Å². The van der Waals surface area contributed by atoms with Crippen molar-refractivity contribution in [2.24, 2.45) is 0 Å². The van der Waals surface area contributed by atoms with E-state index in [1.807, 2.05) is 60.7 Å². The summed E-state index contributed by atoms with van der Waals surface area (Å²) in [5, 5.41) is 5.96. The van der Waals surface area contributed by atoms with Crippen molar-refractivity contribution < 1.29 is 0 Å². The molecule has 4 heterocycles. The van der Waals surface area contributed by atoms with Gasteiger partial charge in [0.15, 0.2) is 17.5 Å². The summed E-state index contributed by atoms with van der Waals surface area (Å²) in [6.45, 7) is 0. The molecular weight excluding hydrogens is 709 g/mol. The van der Waals surface area contributed by atoms with Gasteiger partial charge in [0.25, 0.3) is 0 Å². The molecule has 0 spiro atoms. The lowest BCUT2D eigenvalue weighted by Gasteiger charge is -2.13. The van der Waals surface area contributed by atoms with Crippen LogP contribution in [0.2, 0.25) is 0 Å². The van der Waals surface area contributed by atoms with Gasteiger partial charge in [-0.05, 0) is 59.0 Å². The SMILES string of the molecule is c1ccc(-c2nc(-c3ccccc3)nc(-c3cccc(-c4cccc(-n5c6ccccc6c6c5ccc5c7ccccc7c7nc8ccccc8n7c56)c4)c3)n2)cc1. The number of imidazole rings is 1. The average Bonchev–Trinajstić information content (AvgIpc) is 3.86. The van der Waals surface area contributed by atoms with Gasteiger partial charge in [0.1, 0.15) is 5.65 Å². The monoisotopic (exact) mass is 740 g/mol. The standard InChI is InChI=1S/C52H32N6/c1-3-15-33(16-4-1)49-54-50(34-17-5-2-6-18-34)56-51(55-49)37-21-13-19-35(31-37)36-20-14-22-38(32-36)57-44-27-11-9-25-42(44)47-46(57)30-29-40-39-23-7-8-24-41(39)52-53-43-26-10-12-28-45(43)58(52)48(40)47/h1-32H. The first kappa shape index (κ1) is 32.3. The van der Waals surface area contributed by atoms with Gasteiger partial charge in [-0.1, -0.05) is 152 Å². The molecule has 0 fully saturated rings. The van der Waals surface area contributed by atoms with Crippen LogP contribution in [-0.4, -0.2) is 28.9 Å². The van der Waals surface area contributed by atoms with E-state index in [2.05, 4.69) is 142 Å². The van der Waals surface area contributed by atoms with Gasteiger partial charge in [0.05, 0.1) is 27.6 Å². The van der Waals surface area contributed by atoms with Crippen LogP contribution in [0.4, 0.5) is 0 Å². The van der Waals surface area contributed by atoms with Crippen molar-refractivity contribution in [1.82, 2.24) is 28.9 Å². The topological polar surface area (TPSA) is 60.9 Å². The largest absolute Gasteiger partial charge is 0.309 e. The molecule has 0 radical (unpaired) electrons. The van der Waals surface area contributed by atoms with E-state index in [0.29, 0.717) is 17.5 Å². The molecular formula is C52H32N6. The maximum absolute atomic E-state index is 5.20. The van der Waals surface area contributed by atoms with Crippen LogP contribution < -0.4 is 0 Å². The first-order chi connectivity index (χ1) is 28.8. The Morgan fingerprint density at radius 1 is 0.328 bits per heavy atom. The van der Waals surface area contributed by atoms with Crippen molar-refractivity contribution in [3.63, 3.8) is 0 Å². The molecule has 270 valence electrons. The first-order valence-corrected chi connectivity index (χ1v) is 19.5. The van der Waals surface area contributed by atoms with Crippen LogP contribution in [0, 0.1) is 0 Å². The molecule has 0 saturated heterocycles. The molecule has 0 unspecified atom stereocenters. The van der Waals surface area contributed by atoms with Crippen LogP contribution in [0.3, 0.4) is 0 Å². The van der Waals surface area contributed by atoms with Gasteiger partial charge < -0.3 is 4.57 Å². The molecule has 0 bridgehead atoms. The predicted molar refractivity (Wildman–Crippen MR) is 237 cm³/mol. The normalized spacial score (nSPS) is 11.8. The van der Waals surface area contributed by atoms with E-state index < -0.39 is 0 Å². The maximum Gasteiger partial charge on any atom is 0.164 e. The minimum atomic E-state index is 0.630. The van der Waals surface area contributed by atoms with E-state index in [1.54, 1.807) is 0 Å². The molecule has 12 rings (SSSR count). The molecule has 4 aromatic heterocycles. The minimum absolute atomic E-state index is 0.630. The summed E-state index contributed by atoms with van der Waals surface area (Å²) >= 11 is 0. The Balaban J connectivity index is 1.05. The number of pyridine rings is 1. The minimum Gasteiger partial charge on any atom is -0.309 e. The first-order valence-electron chi connectivity index (χ1n) is 19.5. The van der Waals surface area contributed by atoms with Gasteiger partial charge in [-0.25, -0.2) is 19.9 Å². The summed E-state index contributed by atoms with van der Waals surface area (Å²) in [5.74, 6) is 1.92. The molecule has 0 aliphatic carbocycles. The highest BCUT2D eigenvalue weighted by atomic mass is 15.0. The van der Waals surface area contributed by atoms with E-state index in [0.717, 1.165) is 66.6 Å². The molecule has 6 nitrogen and oxygen atoms in total. The Kier molecular flexibility index (Phi) is 7.13. The number of para-hydroxylation sites is 3. The number of aromatic nitrogens is 6. The number of hydrogen-bond donors (Lipinski definition) is 0. The van der Waals surface area contributed by atoms with Gasteiger partial charge in [0, 0.05) is 43.9 Å². The number of nitrogens with zero attached hydrogens (tertiary/aromatic N) is 6. The summed E-state index contributed by atoms with van der Waals surface area (Å²) < 4.78 is 4.78. The fourth-order valence-electron chi connectivity index (χ4n) is 8.72. The quantitative estimate of drug-likeness (QED) is 0.165. The summed E-state index contributed by atoms with van der Waals surface area (Å²) in [5.41, 5.74) is 12.6. The molecule has 0 saturated carbocycles. The van der Waals surface area contributed by atoms with E-state index in [-0.39, 0.29) is 0 Å². The van der Waals surface area contributed by atoms with Crippen LogP contribution in [0.1, 0.15) is 0 Å². The third-order valence-electron chi connectivity index (χ3n) is 11.3. The van der Waals surface area contributed by atoms with Crippen molar-refractivity contribution in [3.8, 4) is 51.0 Å². The Morgan fingerprint density at radius 3 is 1.62 bits per heavy atom. The zero-order valence-corrected chi connectivity index (χ0v) is 31.2. The molecule has 0 N–H and O–H groups in total. The molecule has 12 aromatic rings. The van der Waals surface area contributed by atoms with Crippen molar-refractivity contribution >= 4 is 60.2 Å². The number of rotatable bonds is 5. The molecule has 0 atom stereocenters. The molecule has 58 heavy (non-hydrogen) atoms. The zero-order chi connectivity index (χ0) is 38.2. The van der Waals surface area contributed by atoms with Crippen molar-refractivity contribution in [1.29, 1.82) is 0 Å². The van der Waals surface area contributed by atoms with Crippen LogP contribution in [0.5, 0.6) is 0 Å². The second-order valence-electron chi connectivity index (χ2n) is 14.7. The number of hydrogen-bond acceptors (Lipinski definition) is 4. The molecule has 0 aliphatic heterocycles. The lowest BCUT2D eigenvalue weighted by atomic mass is 10.0. The number of benzene rings is 8. The average molecular weight is 741 g/mol. The smallest absolute Gasteiger partial charge is 0.164 e. The van der Waals surface area contributed by atoms with Crippen molar-refractivity contribution in [2.45, 2.75) is 0 Å². The van der Waals surface area contributed by atoms with Crippen LogP contribution in [0.15, 0.2) is 194 Å². The Bertz CT molecular complexity index is 3510. The zero-order valence-electron chi connectivity index (χ0n) is 31.2. The Hall–Kier alpha value is -7.96. The second-order valence-corrected chi connectivity index (χ2v) is 14.7. The van der Waals surface area contributed by atoms with Gasteiger partial charge in [-0.2, -0.15) is 0 Å². The Morgan fingerprint density at radius 2 is 0.879 bits per heavy atom. The summed E-state index contributed by atoms with van der Waals surface area (Å²) in [7, 11) is 0. The van der Waals surface area contributed by atoms with E-state index in [1.165, 1.54) is 27.1 Å². The molecule has 8 aromatic carbocycles. The van der Waals surface area contributed by atoms with E-state index in [4.69, 9.17) is 19.9 Å². The molecule has 0 amide bonds. The fraction of sp³-hybridized carbons (Fsp3) is 0.